The SMILES string of the molecule is CCNc1nc(-c2cccc(C)c2C)nc(C)c1Br. The fourth-order valence-electron chi connectivity index (χ4n) is 1.96. The Kier molecular flexibility index (Phi) is 4.20. The van der Waals surface area contributed by atoms with Crippen molar-refractivity contribution in [3.63, 3.8) is 0 Å². The third kappa shape index (κ3) is 2.78. The monoisotopic (exact) mass is 319 g/mol. The average Bonchev–Trinajstić information content (AvgIpc) is 2.38. The molecule has 0 unspecified atom stereocenters. The van der Waals surface area contributed by atoms with Gasteiger partial charge in [-0.1, -0.05) is 18.2 Å². The van der Waals surface area contributed by atoms with E-state index in [-0.39, 0.29) is 0 Å². The summed E-state index contributed by atoms with van der Waals surface area (Å²) in [4.78, 5) is 9.22. The van der Waals surface area contributed by atoms with Crippen LogP contribution in [0.1, 0.15) is 23.7 Å². The Balaban J connectivity index is 2.59. The Morgan fingerprint density at radius 3 is 2.58 bits per heavy atom. The molecule has 1 aromatic heterocycles. The van der Waals surface area contributed by atoms with Crippen LogP contribution in [0.5, 0.6) is 0 Å². The predicted molar refractivity (Wildman–Crippen MR) is 83.5 cm³/mol. The summed E-state index contributed by atoms with van der Waals surface area (Å²) in [5, 5.41) is 3.26. The zero-order chi connectivity index (χ0) is 14.0. The number of hydrogen-bond acceptors (Lipinski definition) is 3. The summed E-state index contributed by atoms with van der Waals surface area (Å²) in [6.45, 7) is 9.10. The lowest BCUT2D eigenvalue weighted by molar-refractivity contribution is 1.06. The molecule has 0 saturated carbocycles. The van der Waals surface area contributed by atoms with E-state index in [4.69, 9.17) is 0 Å². The molecule has 2 aromatic rings. The van der Waals surface area contributed by atoms with Gasteiger partial charge in [-0.3, -0.25) is 0 Å². The number of rotatable bonds is 3. The molecule has 0 saturated heterocycles. The highest BCUT2D eigenvalue weighted by Gasteiger charge is 2.12. The van der Waals surface area contributed by atoms with E-state index in [0.29, 0.717) is 0 Å². The first-order chi connectivity index (χ1) is 9.04. The summed E-state index contributed by atoms with van der Waals surface area (Å²) in [5.41, 5.74) is 4.52. The third-order valence-corrected chi connectivity index (χ3v) is 4.16. The Hall–Kier alpha value is -1.42. The van der Waals surface area contributed by atoms with Gasteiger partial charge in [0.05, 0.1) is 10.2 Å². The van der Waals surface area contributed by atoms with Crippen LogP contribution < -0.4 is 5.32 Å². The van der Waals surface area contributed by atoms with Gasteiger partial charge in [-0.2, -0.15) is 0 Å². The van der Waals surface area contributed by atoms with Crippen LogP contribution >= 0.6 is 15.9 Å². The van der Waals surface area contributed by atoms with Gasteiger partial charge < -0.3 is 5.32 Å². The first kappa shape index (κ1) is 14.0. The van der Waals surface area contributed by atoms with Crippen LogP contribution in [0.4, 0.5) is 5.82 Å². The van der Waals surface area contributed by atoms with Crippen molar-refractivity contribution in [3.8, 4) is 11.4 Å². The van der Waals surface area contributed by atoms with Gasteiger partial charge in [-0.05, 0) is 54.8 Å². The topological polar surface area (TPSA) is 37.8 Å². The smallest absolute Gasteiger partial charge is 0.162 e. The van der Waals surface area contributed by atoms with Crippen molar-refractivity contribution in [2.75, 3.05) is 11.9 Å². The summed E-state index contributed by atoms with van der Waals surface area (Å²) < 4.78 is 0.934. The summed E-state index contributed by atoms with van der Waals surface area (Å²) in [5.74, 6) is 1.63. The van der Waals surface area contributed by atoms with E-state index < -0.39 is 0 Å². The lowest BCUT2D eigenvalue weighted by Gasteiger charge is -2.12. The molecule has 0 aliphatic carbocycles. The number of halogens is 1. The molecule has 0 aliphatic heterocycles. The van der Waals surface area contributed by atoms with Crippen LogP contribution in [0.2, 0.25) is 0 Å². The number of nitrogens with one attached hydrogen (secondary N) is 1. The van der Waals surface area contributed by atoms with Crippen LogP contribution in [0, 0.1) is 20.8 Å². The molecule has 0 aliphatic rings. The molecule has 3 nitrogen and oxygen atoms in total. The molecule has 0 bridgehead atoms. The number of aryl methyl sites for hydroxylation is 2. The van der Waals surface area contributed by atoms with Crippen molar-refractivity contribution >= 4 is 21.7 Å². The van der Waals surface area contributed by atoms with Crippen LogP contribution in [0.25, 0.3) is 11.4 Å². The van der Waals surface area contributed by atoms with Crippen molar-refractivity contribution in [1.29, 1.82) is 0 Å². The minimum absolute atomic E-state index is 0.776. The van der Waals surface area contributed by atoms with Gasteiger partial charge in [-0.25, -0.2) is 9.97 Å². The maximum Gasteiger partial charge on any atom is 0.162 e. The van der Waals surface area contributed by atoms with Crippen molar-refractivity contribution in [2.45, 2.75) is 27.7 Å². The van der Waals surface area contributed by atoms with Crippen molar-refractivity contribution < 1.29 is 0 Å². The molecule has 1 heterocycles. The fourth-order valence-corrected chi connectivity index (χ4v) is 2.28. The van der Waals surface area contributed by atoms with Crippen LogP contribution in [0.15, 0.2) is 22.7 Å². The fraction of sp³-hybridized carbons (Fsp3) is 0.333. The summed E-state index contributed by atoms with van der Waals surface area (Å²) in [6.07, 6.45) is 0. The molecule has 1 N–H and O–H groups in total. The Bertz CT molecular complexity index is 609. The highest BCUT2D eigenvalue weighted by Crippen LogP contribution is 2.28. The lowest BCUT2D eigenvalue weighted by Crippen LogP contribution is -2.05. The Morgan fingerprint density at radius 1 is 1.16 bits per heavy atom. The van der Waals surface area contributed by atoms with Crippen LogP contribution in [0.3, 0.4) is 0 Å². The van der Waals surface area contributed by atoms with E-state index in [1.165, 1.54) is 11.1 Å². The molecule has 0 amide bonds. The maximum absolute atomic E-state index is 4.63. The number of anilines is 1. The molecule has 1 aromatic carbocycles. The van der Waals surface area contributed by atoms with Crippen molar-refractivity contribution in [2.24, 2.45) is 0 Å². The molecule has 100 valence electrons. The molecule has 0 spiro atoms. The predicted octanol–water partition coefficient (Wildman–Crippen LogP) is 4.26. The largest absolute Gasteiger partial charge is 0.369 e. The van der Waals surface area contributed by atoms with E-state index in [9.17, 15) is 0 Å². The van der Waals surface area contributed by atoms with Gasteiger partial charge in [0.2, 0.25) is 0 Å². The molecule has 0 atom stereocenters. The summed E-state index contributed by atoms with van der Waals surface area (Å²) in [7, 11) is 0. The second-order valence-electron chi connectivity index (χ2n) is 4.57. The van der Waals surface area contributed by atoms with Gasteiger partial charge in [0, 0.05) is 12.1 Å². The minimum atomic E-state index is 0.776. The highest BCUT2D eigenvalue weighted by molar-refractivity contribution is 9.10. The van der Waals surface area contributed by atoms with Gasteiger partial charge >= 0.3 is 0 Å². The Morgan fingerprint density at radius 2 is 1.89 bits per heavy atom. The zero-order valence-electron chi connectivity index (χ0n) is 11.7. The average molecular weight is 320 g/mol. The lowest BCUT2D eigenvalue weighted by atomic mass is 10.0. The summed E-state index contributed by atoms with van der Waals surface area (Å²) in [6, 6.07) is 6.22. The van der Waals surface area contributed by atoms with E-state index in [1.807, 2.05) is 13.0 Å². The van der Waals surface area contributed by atoms with Crippen molar-refractivity contribution in [3.05, 3.63) is 39.5 Å². The van der Waals surface area contributed by atoms with Gasteiger partial charge in [0.15, 0.2) is 5.82 Å². The number of nitrogens with zero attached hydrogens (tertiary/aromatic N) is 2. The second kappa shape index (κ2) is 5.70. The molecule has 0 fully saturated rings. The zero-order valence-corrected chi connectivity index (χ0v) is 13.3. The van der Waals surface area contributed by atoms with Crippen molar-refractivity contribution in [1.82, 2.24) is 9.97 Å². The van der Waals surface area contributed by atoms with Crippen LogP contribution in [-0.4, -0.2) is 16.5 Å². The molecule has 19 heavy (non-hydrogen) atoms. The molecule has 4 heteroatoms. The first-order valence-electron chi connectivity index (χ1n) is 6.39. The number of benzene rings is 1. The molecule has 2 rings (SSSR count). The standard InChI is InChI=1S/C15H18BrN3/c1-5-17-15-13(16)11(4)18-14(19-15)12-8-6-7-9(2)10(12)3/h6-8H,5H2,1-4H3,(H,17,18,19). The normalized spacial score (nSPS) is 10.6. The number of hydrogen-bond donors (Lipinski definition) is 1. The second-order valence-corrected chi connectivity index (χ2v) is 5.37. The molecular formula is C15H18BrN3. The number of aromatic nitrogens is 2. The van der Waals surface area contributed by atoms with Gasteiger partial charge in [0.25, 0.3) is 0 Å². The first-order valence-corrected chi connectivity index (χ1v) is 7.18. The maximum atomic E-state index is 4.63. The quantitative estimate of drug-likeness (QED) is 0.918. The van der Waals surface area contributed by atoms with Gasteiger partial charge in [-0.15, -0.1) is 0 Å². The van der Waals surface area contributed by atoms with E-state index in [0.717, 1.165) is 33.9 Å². The minimum Gasteiger partial charge on any atom is -0.369 e. The molecule has 0 radical (unpaired) electrons. The summed E-state index contributed by atoms with van der Waals surface area (Å²) >= 11 is 3.53. The van der Waals surface area contributed by atoms with Gasteiger partial charge in [0.1, 0.15) is 5.82 Å². The van der Waals surface area contributed by atoms with E-state index in [2.05, 4.69) is 64.1 Å². The van der Waals surface area contributed by atoms with Crippen LogP contribution in [-0.2, 0) is 0 Å². The molecular weight excluding hydrogens is 302 g/mol. The highest BCUT2D eigenvalue weighted by atomic mass is 79.9. The van der Waals surface area contributed by atoms with E-state index >= 15 is 0 Å². The third-order valence-electron chi connectivity index (χ3n) is 3.21. The Labute approximate surface area is 122 Å². The van der Waals surface area contributed by atoms with E-state index in [1.54, 1.807) is 0 Å².